The first-order chi connectivity index (χ1) is 15.2. The maximum atomic E-state index is 13.5. The van der Waals surface area contributed by atoms with E-state index in [0.717, 1.165) is 47.3 Å². The topological polar surface area (TPSA) is 46.3 Å². The zero-order valence-corrected chi connectivity index (χ0v) is 17.9. The largest absolute Gasteiger partial charge is 0.355 e. The van der Waals surface area contributed by atoms with E-state index in [2.05, 4.69) is 17.3 Å². The number of halogens is 1. The summed E-state index contributed by atoms with van der Waals surface area (Å²) in [6.07, 6.45) is 3.20. The van der Waals surface area contributed by atoms with Crippen LogP contribution in [0.5, 0.6) is 0 Å². The second kappa shape index (κ2) is 8.56. The smallest absolute Gasteiger partial charge is 0.253 e. The van der Waals surface area contributed by atoms with Crippen LogP contribution in [0, 0.1) is 0 Å². The molecule has 0 bridgehead atoms. The Bertz CT molecular complexity index is 1200. The van der Waals surface area contributed by atoms with Gasteiger partial charge in [-0.3, -0.25) is 4.79 Å². The standard InChI is InChI=1S/C26H23ClN2O2/c27-22-12-9-18(10-13-22)21-8-4-5-15-29(17-21)26(30)20-11-14-24-23(16-20)25(31-28-24)19-6-2-1-3-7-19/h1-3,6-7,9-14,16,21H,4-5,8,15,17H2. The third-order valence-electron chi connectivity index (χ3n) is 6.06. The van der Waals surface area contributed by atoms with Crippen molar-refractivity contribution in [2.45, 2.75) is 25.2 Å². The lowest BCUT2D eigenvalue weighted by Gasteiger charge is -2.25. The van der Waals surface area contributed by atoms with Gasteiger partial charge in [-0.1, -0.05) is 65.6 Å². The monoisotopic (exact) mass is 430 g/mol. The van der Waals surface area contributed by atoms with Crippen molar-refractivity contribution in [3.05, 3.63) is 88.9 Å². The maximum Gasteiger partial charge on any atom is 0.253 e. The van der Waals surface area contributed by atoms with Gasteiger partial charge in [0.05, 0.1) is 5.39 Å². The van der Waals surface area contributed by atoms with Crippen molar-refractivity contribution in [3.8, 4) is 11.3 Å². The summed E-state index contributed by atoms with van der Waals surface area (Å²) in [5.74, 6) is 1.08. The van der Waals surface area contributed by atoms with Gasteiger partial charge >= 0.3 is 0 Å². The van der Waals surface area contributed by atoms with E-state index in [1.54, 1.807) is 0 Å². The lowest BCUT2D eigenvalue weighted by atomic mass is 9.94. The van der Waals surface area contributed by atoms with Gasteiger partial charge < -0.3 is 9.42 Å². The van der Waals surface area contributed by atoms with Crippen LogP contribution in [-0.4, -0.2) is 29.1 Å². The van der Waals surface area contributed by atoms with Gasteiger partial charge in [-0.15, -0.1) is 0 Å². The molecule has 5 heteroatoms. The lowest BCUT2D eigenvalue weighted by Crippen LogP contribution is -2.34. The number of carbonyl (C=O) groups is 1. The van der Waals surface area contributed by atoms with E-state index in [4.69, 9.17) is 16.1 Å². The fraction of sp³-hybridized carbons (Fsp3) is 0.231. The molecule has 1 fully saturated rings. The Hall–Kier alpha value is -3.11. The van der Waals surface area contributed by atoms with Crippen molar-refractivity contribution in [2.75, 3.05) is 13.1 Å². The van der Waals surface area contributed by atoms with E-state index >= 15 is 0 Å². The Morgan fingerprint density at radius 2 is 1.81 bits per heavy atom. The van der Waals surface area contributed by atoms with Crippen LogP contribution in [0.3, 0.4) is 0 Å². The van der Waals surface area contributed by atoms with E-state index in [-0.39, 0.29) is 5.91 Å². The molecule has 4 aromatic rings. The average Bonchev–Trinajstić information content (AvgIpc) is 3.08. The van der Waals surface area contributed by atoms with Crippen LogP contribution in [0.15, 0.2) is 77.3 Å². The third kappa shape index (κ3) is 4.08. The molecule has 1 saturated heterocycles. The van der Waals surface area contributed by atoms with Gasteiger partial charge in [0.15, 0.2) is 5.76 Å². The average molecular weight is 431 g/mol. The summed E-state index contributed by atoms with van der Waals surface area (Å²) in [5.41, 5.74) is 3.62. The lowest BCUT2D eigenvalue weighted by molar-refractivity contribution is 0.0754. The zero-order valence-electron chi connectivity index (χ0n) is 17.1. The summed E-state index contributed by atoms with van der Waals surface area (Å²) in [4.78, 5) is 15.4. The van der Waals surface area contributed by atoms with E-state index in [9.17, 15) is 4.79 Å². The second-order valence-electron chi connectivity index (χ2n) is 8.11. The minimum atomic E-state index is 0.0583. The number of likely N-dealkylation sites (tertiary alicyclic amines) is 1. The molecule has 0 aliphatic carbocycles. The van der Waals surface area contributed by atoms with Gasteiger partial charge in [-0.2, -0.15) is 0 Å². The van der Waals surface area contributed by atoms with Gasteiger partial charge in [0, 0.05) is 35.2 Å². The number of aromatic nitrogens is 1. The summed E-state index contributed by atoms with van der Waals surface area (Å²) >= 11 is 6.06. The highest BCUT2D eigenvalue weighted by atomic mass is 35.5. The molecule has 0 N–H and O–H groups in total. The molecule has 156 valence electrons. The van der Waals surface area contributed by atoms with Gasteiger partial charge in [-0.05, 0) is 48.7 Å². The predicted molar refractivity (Wildman–Crippen MR) is 123 cm³/mol. The highest BCUT2D eigenvalue weighted by Crippen LogP contribution is 2.31. The molecule has 2 heterocycles. The second-order valence-corrected chi connectivity index (χ2v) is 8.54. The molecular formula is C26H23ClN2O2. The summed E-state index contributed by atoms with van der Waals surface area (Å²) < 4.78 is 5.60. The first-order valence-electron chi connectivity index (χ1n) is 10.7. The fourth-order valence-corrected chi connectivity index (χ4v) is 4.51. The Morgan fingerprint density at radius 3 is 2.61 bits per heavy atom. The number of rotatable bonds is 3. The molecule has 0 saturated carbocycles. The van der Waals surface area contributed by atoms with Crippen molar-refractivity contribution in [1.82, 2.24) is 10.1 Å². The van der Waals surface area contributed by atoms with E-state index < -0.39 is 0 Å². The maximum absolute atomic E-state index is 13.5. The van der Waals surface area contributed by atoms with Crippen LogP contribution in [0.4, 0.5) is 0 Å². The molecule has 3 aromatic carbocycles. The molecule has 1 unspecified atom stereocenters. The van der Waals surface area contributed by atoms with Crippen molar-refractivity contribution >= 4 is 28.4 Å². The van der Waals surface area contributed by atoms with Crippen molar-refractivity contribution < 1.29 is 9.32 Å². The van der Waals surface area contributed by atoms with Gasteiger partial charge in [0.2, 0.25) is 0 Å². The van der Waals surface area contributed by atoms with Gasteiger partial charge in [0.25, 0.3) is 5.91 Å². The Morgan fingerprint density at radius 1 is 1.00 bits per heavy atom. The highest BCUT2D eigenvalue weighted by molar-refractivity contribution is 6.30. The molecule has 1 aliphatic heterocycles. The van der Waals surface area contributed by atoms with Crippen LogP contribution < -0.4 is 0 Å². The van der Waals surface area contributed by atoms with Crippen LogP contribution in [0.25, 0.3) is 22.2 Å². The van der Waals surface area contributed by atoms with Crippen molar-refractivity contribution in [1.29, 1.82) is 0 Å². The summed E-state index contributed by atoms with van der Waals surface area (Å²) in [7, 11) is 0. The molecule has 5 rings (SSSR count). The molecule has 0 radical (unpaired) electrons. The Balaban J connectivity index is 1.44. The first-order valence-corrected chi connectivity index (χ1v) is 11.1. The number of hydrogen-bond donors (Lipinski definition) is 0. The molecule has 31 heavy (non-hydrogen) atoms. The summed E-state index contributed by atoms with van der Waals surface area (Å²) in [6, 6.07) is 23.5. The van der Waals surface area contributed by atoms with E-state index in [1.807, 2.05) is 65.6 Å². The number of nitrogens with zero attached hydrogens (tertiary/aromatic N) is 2. The van der Waals surface area contributed by atoms with Gasteiger partial charge in [-0.25, -0.2) is 0 Å². The quantitative estimate of drug-likeness (QED) is 0.370. The molecular weight excluding hydrogens is 408 g/mol. The zero-order chi connectivity index (χ0) is 21.2. The molecule has 4 nitrogen and oxygen atoms in total. The fourth-order valence-electron chi connectivity index (χ4n) is 4.39. The highest BCUT2D eigenvalue weighted by Gasteiger charge is 2.25. The summed E-state index contributed by atoms with van der Waals surface area (Å²) in [5, 5.41) is 5.77. The Labute approximate surface area is 186 Å². The Kier molecular flexibility index (Phi) is 5.47. The number of carbonyl (C=O) groups excluding carboxylic acids is 1. The van der Waals surface area contributed by atoms with E-state index in [1.165, 1.54) is 5.56 Å². The third-order valence-corrected chi connectivity index (χ3v) is 6.31. The number of hydrogen-bond acceptors (Lipinski definition) is 3. The number of amides is 1. The molecule has 1 aliphatic rings. The first kappa shape index (κ1) is 19.8. The van der Waals surface area contributed by atoms with Crippen LogP contribution >= 0.6 is 11.6 Å². The summed E-state index contributed by atoms with van der Waals surface area (Å²) in [6.45, 7) is 1.49. The minimum Gasteiger partial charge on any atom is -0.355 e. The van der Waals surface area contributed by atoms with Crippen molar-refractivity contribution in [3.63, 3.8) is 0 Å². The van der Waals surface area contributed by atoms with Gasteiger partial charge in [0.1, 0.15) is 5.52 Å². The molecule has 1 amide bonds. The van der Waals surface area contributed by atoms with Crippen LogP contribution in [0.1, 0.15) is 41.1 Å². The molecule has 1 atom stereocenters. The normalized spacial score (nSPS) is 16.9. The minimum absolute atomic E-state index is 0.0583. The van der Waals surface area contributed by atoms with E-state index in [0.29, 0.717) is 23.8 Å². The predicted octanol–water partition coefficient (Wildman–Crippen LogP) is 6.56. The van der Waals surface area contributed by atoms with Crippen molar-refractivity contribution in [2.24, 2.45) is 0 Å². The number of benzene rings is 3. The molecule has 0 spiro atoms. The SMILES string of the molecule is O=C(c1ccc2noc(-c3ccccc3)c2c1)N1CCCCC(c2ccc(Cl)cc2)C1. The van der Waals surface area contributed by atoms with Crippen LogP contribution in [-0.2, 0) is 0 Å². The number of fused-ring (bicyclic) bond motifs is 1. The molecule has 1 aromatic heterocycles. The van der Waals surface area contributed by atoms with Crippen LogP contribution in [0.2, 0.25) is 5.02 Å².